The van der Waals surface area contributed by atoms with E-state index in [0.717, 1.165) is 12.8 Å². The number of aliphatic hydroxyl groups excluding tert-OH is 1. The summed E-state index contributed by atoms with van der Waals surface area (Å²) in [5.41, 5.74) is -1.09. The van der Waals surface area contributed by atoms with Gasteiger partial charge in [0.15, 0.2) is 0 Å². The average Bonchev–Trinajstić information content (AvgIpc) is 3.15. The molecule has 3 aliphatic rings. The summed E-state index contributed by atoms with van der Waals surface area (Å²) in [7, 11) is 0. The standard InChI is InChI=1S/C18H25N3O5/c1-2-26-16(24)18-10-12(18)7-5-3-4-6-8-19-15(23)14-9-13(22)11-21(14)17(25)20-18/h5,7-8,12-14,22H,2-4,6,9-11H2,1H3,(H,20,25)/b7-5-,19-8+/t12-,13-,14+,18-/m1/s1. The van der Waals surface area contributed by atoms with Crippen molar-refractivity contribution < 1.29 is 24.2 Å². The van der Waals surface area contributed by atoms with Crippen molar-refractivity contribution in [1.82, 2.24) is 10.2 Å². The second kappa shape index (κ2) is 7.57. The quantitative estimate of drug-likeness (QED) is 0.557. The number of aliphatic hydroxyl groups is 1. The zero-order valence-corrected chi connectivity index (χ0v) is 14.9. The second-order valence-electron chi connectivity index (χ2n) is 7.00. The van der Waals surface area contributed by atoms with Crippen molar-refractivity contribution in [3.8, 4) is 0 Å². The van der Waals surface area contributed by atoms with Crippen LogP contribution in [0.1, 0.15) is 39.0 Å². The summed E-state index contributed by atoms with van der Waals surface area (Å²) in [6.45, 7) is 1.98. The van der Waals surface area contributed by atoms with Gasteiger partial charge in [-0.15, -0.1) is 0 Å². The summed E-state index contributed by atoms with van der Waals surface area (Å²) >= 11 is 0. The molecule has 3 amide bonds. The third-order valence-corrected chi connectivity index (χ3v) is 5.10. The molecule has 3 rings (SSSR count). The summed E-state index contributed by atoms with van der Waals surface area (Å²) in [6, 6.07) is -1.35. The molecule has 1 saturated carbocycles. The van der Waals surface area contributed by atoms with E-state index in [1.165, 1.54) is 4.90 Å². The van der Waals surface area contributed by atoms with Crippen LogP contribution in [0.5, 0.6) is 0 Å². The van der Waals surface area contributed by atoms with Crippen molar-refractivity contribution in [1.29, 1.82) is 0 Å². The van der Waals surface area contributed by atoms with E-state index >= 15 is 0 Å². The molecule has 2 N–H and O–H groups in total. The predicted molar refractivity (Wildman–Crippen MR) is 93.6 cm³/mol. The molecule has 2 heterocycles. The molecule has 26 heavy (non-hydrogen) atoms. The first-order valence-electron chi connectivity index (χ1n) is 9.15. The number of hydrogen-bond donors (Lipinski definition) is 2. The third-order valence-electron chi connectivity index (χ3n) is 5.10. The molecule has 0 aromatic rings. The van der Waals surface area contributed by atoms with Crippen molar-refractivity contribution in [3.05, 3.63) is 12.2 Å². The van der Waals surface area contributed by atoms with Crippen LogP contribution in [0.4, 0.5) is 4.79 Å². The molecule has 8 heteroatoms. The van der Waals surface area contributed by atoms with Crippen LogP contribution in [-0.4, -0.2) is 65.0 Å². The van der Waals surface area contributed by atoms with Crippen molar-refractivity contribution in [3.63, 3.8) is 0 Å². The van der Waals surface area contributed by atoms with E-state index in [0.29, 0.717) is 12.8 Å². The maximum absolute atomic E-state index is 12.8. The Hall–Kier alpha value is -2.22. The average molecular weight is 363 g/mol. The Morgan fingerprint density at radius 1 is 1.46 bits per heavy atom. The summed E-state index contributed by atoms with van der Waals surface area (Å²) in [4.78, 5) is 42.7. The molecule has 0 aromatic heterocycles. The van der Waals surface area contributed by atoms with Gasteiger partial charge in [-0.3, -0.25) is 4.79 Å². The smallest absolute Gasteiger partial charge is 0.332 e. The highest BCUT2D eigenvalue weighted by atomic mass is 16.5. The minimum absolute atomic E-state index is 0.0389. The number of allylic oxidation sites excluding steroid dienone is 1. The van der Waals surface area contributed by atoms with E-state index in [-0.39, 0.29) is 25.5 Å². The lowest BCUT2D eigenvalue weighted by Crippen LogP contribution is -2.53. The fourth-order valence-corrected chi connectivity index (χ4v) is 3.57. The first-order chi connectivity index (χ1) is 12.5. The van der Waals surface area contributed by atoms with Crippen molar-refractivity contribution >= 4 is 24.1 Å². The molecule has 4 atom stereocenters. The monoisotopic (exact) mass is 363 g/mol. The van der Waals surface area contributed by atoms with Gasteiger partial charge in [-0.05, 0) is 32.6 Å². The molecular weight excluding hydrogens is 338 g/mol. The number of nitrogens with one attached hydrogen (secondary N) is 1. The number of carbonyl (C=O) groups is 3. The largest absolute Gasteiger partial charge is 0.464 e. The van der Waals surface area contributed by atoms with Gasteiger partial charge in [0.2, 0.25) is 0 Å². The number of hydrogen-bond acceptors (Lipinski definition) is 5. The number of esters is 1. The molecule has 1 saturated heterocycles. The Balaban J connectivity index is 1.85. The van der Waals surface area contributed by atoms with Crippen LogP contribution in [0.25, 0.3) is 0 Å². The van der Waals surface area contributed by atoms with Crippen LogP contribution in [0.15, 0.2) is 17.1 Å². The first kappa shape index (κ1) is 18.6. The summed E-state index contributed by atoms with van der Waals surface area (Å²) in [6.07, 6.45) is 7.65. The normalized spacial score (nSPS) is 37.0. The maximum atomic E-state index is 12.8. The topological polar surface area (TPSA) is 108 Å². The second-order valence-corrected chi connectivity index (χ2v) is 7.00. The first-order valence-corrected chi connectivity index (χ1v) is 9.15. The highest BCUT2D eigenvalue weighted by Crippen LogP contribution is 2.46. The van der Waals surface area contributed by atoms with Crippen LogP contribution in [0, 0.1) is 5.92 Å². The summed E-state index contributed by atoms with van der Waals surface area (Å²) in [5, 5.41) is 12.7. The number of amides is 3. The lowest BCUT2D eigenvalue weighted by Gasteiger charge is -2.26. The highest BCUT2D eigenvalue weighted by Gasteiger charge is 2.62. The zero-order valence-electron chi connectivity index (χ0n) is 14.9. The van der Waals surface area contributed by atoms with Crippen molar-refractivity contribution in [2.75, 3.05) is 13.2 Å². The van der Waals surface area contributed by atoms with Crippen LogP contribution < -0.4 is 5.32 Å². The van der Waals surface area contributed by atoms with E-state index < -0.39 is 35.6 Å². The van der Waals surface area contributed by atoms with Crippen LogP contribution in [0.3, 0.4) is 0 Å². The Kier molecular flexibility index (Phi) is 5.41. The van der Waals surface area contributed by atoms with Gasteiger partial charge in [-0.25, -0.2) is 14.6 Å². The lowest BCUT2D eigenvalue weighted by molar-refractivity contribution is -0.147. The number of ether oxygens (including phenoxy) is 1. The van der Waals surface area contributed by atoms with Crippen molar-refractivity contribution in [2.45, 2.75) is 56.7 Å². The minimum Gasteiger partial charge on any atom is -0.464 e. The van der Waals surface area contributed by atoms with E-state index in [4.69, 9.17) is 4.74 Å². The number of urea groups is 1. The SMILES string of the molecule is CCOC(=O)[C@@]12C[C@H]1/C=C\CCC/C=N/C(=O)[C@@H]1C[C@@H](O)CN1C(=O)N2. The summed E-state index contributed by atoms with van der Waals surface area (Å²) < 4.78 is 5.15. The van der Waals surface area contributed by atoms with Gasteiger partial charge < -0.3 is 20.1 Å². The van der Waals surface area contributed by atoms with Crippen LogP contribution in [0.2, 0.25) is 0 Å². The molecular formula is C18H25N3O5. The van der Waals surface area contributed by atoms with E-state index in [9.17, 15) is 19.5 Å². The molecule has 0 unspecified atom stereocenters. The van der Waals surface area contributed by atoms with Crippen molar-refractivity contribution in [2.24, 2.45) is 10.9 Å². The fraction of sp³-hybridized carbons (Fsp3) is 0.667. The Morgan fingerprint density at radius 3 is 3.04 bits per heavy atom. The van der Waals surface area contributed by atoms with Crippen LogP contribution >= 0.6 is 0 Å². The number of fused-ring (bicyclic) bond motifs is 2. The van der Waals surface area contributed by atoms with Crippen LogP contribution in [-0.2, 0) is 14.3 Å². The number of aliphatic imine (C=N–C) groups is 1. The maximum Gasteiger partial charge on any atom is 0.332 e. The van der Waals surface area contributed by atoms with Gasteiger partial charge in [-0.1, -0.05) is 12.2 Å². The highest BCUT2D eigenvalue weighted by molar-refractivity contribution is 5.95. The third kappa shape index (κ3) is 3.65. The summed E-state index contributed by atoms with van der Waals surface area (Å²) in [5.74, 6) is -1.03. The van der Waals surface area contributed by atoms with E-state index in [2.05, 4.69) is 10.3 Å². The predicted octanol–water partition coefficient (Wildman–Crippen LogP) is 0.790. The lowest BCUT2D eigenvalue weighted by atomic mass is 10.1. The molecule has 2 fully saturated rings. The molecule has 0 spiro atoms. The van der Waals surface area contributed by atoms with E-state index in [1.807, 2.05) is 12.2 Å². The van der Waals surface area contributed by atoms with Gasteiger partial charge in [0.1, 0.15) is 11.6 Å². The van der Waals surface area contributed by atoms with Gasteiger partial charge in [0, 0.05) is 25.1 Å². The number of rotatable bonds is 2. The molecule has 0 bridgehead atoms. The fourth-order valence-electron chi connectivity index (χ4n) is 3.57. The number of nitrogens with zero attached hydrogens (tertiary/aromatic N) is 2. The molecule has 2 aliphatic heterocycles. The van der Waals surface area contributed by atoms with E-state index in [1.54, 1.807) is 13.1 Å². The van der Waals surface area contributed by atoms with Gasteiger partial charge >= 0.3 is 12.0 Å². The Bertz CT molecular complexity index is 647. The minimum atomic E-state index is -1.09. The zero-order chi connectivity index (χ0) is 18.7. The Morgan fingerprint density at radius 2 is 2.27 bits per heavy atom. The molecule has 142 valence electrons. The number of carbonyl (C=O) groups excluding carboxylic acids is 3. The molecule has 1 aliphatic carbocycles. The molecule has 0 radical (unpaired) electrons. The Labute approximate surface area is 152 Å². The molecule has 0 aromatic carbocycles. The molecule has 8 nitrogen and oxygen atoms in total. The van der Waals surface area contributed by atoms with Gasteiger partial charge in [0.05, 0.1) is 12.7 Å². The van der Waals surface area contributed by atoms with Gasteiger partial charge in [0.25, 0.3) is 5.91 Å². The van der Waals surface area contributed by atoms with Gasteiger partial charge in [-0.2, -0.15) is 0 Å².